The molecule has 0 amide bonds. The number of carboxylic acid groups (broad SMARTS) is 2. The Morgan fingerprint density at radius 3 is 1.60 bits per heavy atom. The number of carboxylic acids is 2. The van der Waals surface area contributed by atoms with Gasteiger partial charge in [-0.1, -0.05) is 12.1 Å². The lowest BCUT2D eigenvalue weighted by Crippen LogP contribution is -2.06. The molecule has 0 spiro atoms. The van der Waals surface area contributed by atoms with Gasteiger partial charge in [-0.3, -0.25) is 0 Å². The third-order valence-corrected chi connectivity index (χ3v) is 1.39. The first-order valence-corrected chi connectivity index (χ1v) is 3.61. The van der Waals surface area contributed by atoms with E-state index < -0.39 is 11.9 Å². The van der Waals surface area contributed by atoms with Gasteiger partial charge in [-0.05, 0) is 22.6 Å². The predicted molar refractivity (Wildman–Crippen MR) is 49.8 cm³/mol. The molecule has 3 N–H and O–H groups in total. The van der Waals surface area contributed by atoms with Gasteiger partial charge in [0.2, 0.25) is 0 Å². The number of carbonyl (C=O) groups is 2. The van der Waals surface area contributed by atoms with Crippen LogP contribution in [0.4, 0.5) is 0 Å². The molecule has 0 aromatic heterocycles. The van der Waals surface area contributed by atoms with Gasteiger partial charge < -0.3 is 10.2 Å². The second-order valence-corrected chi connectivity index (χ2v) is 2.26. The summed E-state index contributed by atoms with van der Waals surface area (Å²) in [6.45, 7) is 0. The fourth-order valence-electron chi connectivity index (χ4n) is 0.856. The topological polar surface area (TPSA) is 135 Å². The van der Waals surface area contributed by atoms with Crippen LogP contribution in [0.5, 0.6) is 0 Å². The van der Waals surface area contributed by atoms with Crippen molar-refractivity contribution in [2.75, 3.05) is 0 Å². The van der Waals surface area contributed by atoms with Crippen molar-refractivity contribution in [2.45, 2.75) is 0 Å². The van der Waals surface area contributed by atoms with Gasteiger partial charge in [0.15, 0.2) is 0 Å². The van der Waals surface area contributed by atoms with Gasteiger partial charge in [0.25, 0.3) is 0 Å². The molecule has 0 heterocycles. The van der Waals surface area contributed by atoms with E-state index in [0.717, 1.165) is 0 Å². The standard InChI is InChI=1S/C8H6O4.HN3/c9-7(10)5-3-1-2-4-6(5)8(11)12;1-3-2/h1-4H,(H,9,10)(H,11,12);1H. The molecular formula is C8H7N3O4. The van der Waals surface area contributed by atoms with E-state index in [9.17, 15) is 9.59 Å². The van der Waals surface area contributed by atoms with Gasteiger partial charge in [-0.15, -0.1) is 5.53 Å². The lowest BCUT2D eigenvalue weighted by Gasteiger charge is -1.98. The summed E-state index contributed by atoms with van der Waals surface area (Å²) in [5, 5.41) is 17.1. The van der Waals surface area contributed by atoms with Crippen molar-refractivity contribution in [1.29, 1.82) is 5.53 Å². The summed E-state index contributed by atoms with van der Waals surface area (Å²) in [4.78, 5) is 22.7. The lowest BCUT2D eigenvalue weighted by atomic mass is 10.1. The Kier molecular flexibility index (Phi) is 4.99. The summed E-state index contributed by atoms with van der Waals surface area (Å²) in [6, 6.07) is 5.48. The number of hydrogen-bond acceptors (Lipinski definition) is 3. The highest BCUT2D eigenvalue weighted by atomic mass is 16.4. The van der Waals surface area contributed by atoms with Crippen molar-refractivity contribution in [3.8, 4) is 0 Å². The predicted octanol–water partition coefficient (Wildman–Crippen LogP) is 1.96. The summed E-state index contributed by atoms with van der Waals surface area (Å²) < 4.78 is 0. The van der Waals surface area contributed by atoms with Crippen molar-refractivity contribution in [2.24, 2.45) is 0 Å². The van der Waals surface area contributed by atoms with Crippen molar-refractivity contribution >= 4 is 11.9 Å². The minimum absolute atomic E-state index is 0.190. The zero-order valence-corrected chi connectivity index (χ0v) is 7.41. The Balaban J connectivity index is 0.000000583. The van der Waals surface area contributed by atoms with Crippen molar-refractivity contribution < 1.29 is 19.8 Å². The molecule has 0 bridgehead atoms. The highest BCUT2D eigenvalue weighted by molar-refractivity contribution is 6.01. The molecule has 7 nitrogen and oxygen atoms in total. The monoisotopic (exact) mass is 209 g/mol. The van der Waals surface area contributed by atoms with E-state index in [2.05, 4.69) is 0 Å². The quantitative estimate of drug-likeness (QED) is 0.389. The van der Waals surface area contributed by atoms with E-state index in [-0.39, 0.29) is 11.1 Å². The molecule has 0 aliphatic carbocycles. The molecule has 0 atom stereocenters. The maximum atomic E-state index is 10.5. The summed E-state index contributed by atoms with van der Waals surface area (Å²) in [6.07, 6.45) is 0. The molecule has 0 aliphatic rings. The second-order valence-electron chi connectivity index (χ2n) is 2.26. The van der Waals surface area contributed by atoms with Gasteiger partial charge in [-0.25, -0.2) is 9.59 Å². The number of rotatable bonds is 2. The Bertz CT molecular complexity index is 377. The first kappa shape index (κ1) is 12.5. The van der Waals surface area contributed by atoms with Crippen LogP contribution in [0.25, 0.3) is 10.4 Å². The molecule has 0 aliphatic heterocycles. The Hall–Kier alpha value is -2.53. The van der Waals surface area contributed by atoms with Crippen LogP contribution in [0.2, 0.25) is 0 Å². The third kappa shape index (κ3) is 3.79. The number of hydrogen-bond donors (Lipinski definition) is 3. The summed E-state index contributed by atoms with van der Waals surface area (Å²) in [5.74, 6) is -2.46. The Morgan fingerprint density at radius 1 is 1.13 bits per heavy atom. The highest BCUT2D eigenvalue weighted by Crippen LogP contribution is 2.07. The number of aromatic carboxylic acids is 2. The summed E-state index contributed by atoms with van der Waals surface area (Å²) in [7, 11) is 0. The van der Waals surface area contributed by atoms with E-state index in [0.29, 0.717) is 0 Å². The molecule has 0 saturated heterocycles. The largest absolute Gasteiger partial charge is 0.478 e. The van der Waals surface area contributed by atoms with Crippen LogP contribution < -0.4 is 0 Å². The normalized spacial score (nSPS) is 8.00. The molecule has 1 aromatic carbocycles. The minimum Gasteiger partial charge on any atom is -0.478 e. The lowest BCUT2D eigenvalue weighted by molar-refractivity contribution is 0.0651. The molecular weight excluding hydrogens is 202 g/mol. The van der Waals surface area contributed by atoms with E-state index in [4.69, 9.17) is 21.3 Å². The van der Waals surface area contributed by atoms with Crippen LogP contribution in [0.15, 0.2) is 24.3 Å². The average Bonchev–Trinajstić information content (AvgIpc) is 2.19. The third-order valence-electron chi connectivity index (χ3n) is 1.39. The van der Waals surface area contributed by atoms with Gasteiger partial charge in [0.1, 0.15) is 0 Å². The fraction of sp³-hybridized carbons (Fsp3) is 0. The number of benzene rings is 1. The van der Waals surface area contributed by atoms with Crippen molar-refractivity contribution in [3.63, 3.8) is 0 Å². The molecule has 7 heteroatoms. The highest BCUT2D eigenvalue weighted by Gasteiger charge is 2.13. The molecule has 0 saturated carbocycles. The maximum absolute atomic E-state index is 10.5. The van der Waals surface area contributed by atoms with Gasteiger partial charge >= 0.3 is 11.9 Å². The van der Waals surface area contributed by atoms with Gasteiger partial charge in [0, 0.05) is 0 Å². The summed E-state index contributed by atoms with van der Waals surface area (Å²) in [5.41, 5.74) is 11.9. The zero-order valence-electron chi connectivity index (χ0n) is 7.41. The van der Waals surface area contributed by atoms with Crippen LogP contribution in [-0.2, 0) is 0 Å². The molecule has 1 aromatic rings. The number of nitrogens with zero attached hydrogens (tertiary/aromatic N) is 2. The molecule has 15 heavy (non-hydrogen) atoms. The number of nitrogens with one attached hydrogen (secondary N) is 1. The molecule has 0 unspecified atom stereocenters. The first-order valence-electron chi connectivity index (χ1n) is 3.61. The summed E-state index contributed by atoms with van der Waals surface area (Å²) >= 11 is 0. The van der Waals surface area contributed by atoms with E-state index in [1.54, 1.807) is 4.91 Å². The fourth-order valence-corrected chi connectivity index (χ4v) is 0.856. The van der Waals surface area contributed by atoms with Crippen LogP contribution in [0, 0.1) is 5.53 Å². The van der Waals surface area contributed by atoms with Gasteiger partial charge in [0.05, 0.1) is 11.1 Å². The molecule has 78 valence electrons. The van der Waals surface area contributed by atoms with Crippen molar-refractivity contribution in [3.05, 3.63) is 45.8 Å². The smallest absolute Gasteiger partial charge is 0.336 e. The molecule has 1 rings (SSSR count). The van der Waals surface area contributed by atoms with Crippen molar-refractivity contribution in [1.82, 2.24) is 0 Å². The minimum atomic E-state index is -1.23. The van der Waals surface area contributed by atoms with Crippen LogP contribution in [0.3, 0.4) is 0 Å². The van der Waals surface area contributed by atoms with Crippen LogP contribution in [-0.4, -0.2) is 22.2 Å². The van der Waals surface area contributed by atoms with E-state index in [1.165, 1.54) is 24.3 Å². The first-order chi connectivity index (χ1) is 7.04. The van der Waals surface area contributed by atoms with Crippen LogP contribution >= 0.6 is 0 Å². The average molecular weight is 209 g/mol. The zero-order chi connectivity index (χ0) is 11.8. The molecule has 0 fully saturated rings. The van der Waals surface area contributed by atoms with Gasteiger partial charge in [-0.2, -0.15) is 0 Å². The SMILES string of the molecule is O=C(O)c1ccccc1C(=O)O.[N-]=[N+]=N. The Morgan fingerprint density at radius 2 is 1.40 bits per heavy atom. The van der Waals surface area contributed by atoms with E-state index in [1.807, 2.05) is 0 Å². The maximum Gasteiger partial charge on any atom is 0.336 e. The van der Waals surface area contributed by atoms with Crippen LogP contribution in [0.1, 0.15) is 20.7 Å². The van der Waals surface area contributed by atoms with E-state index >= 15 is 0 Å². The molecule has 0 radical (unpaired) electrons. The Labute approximate surface area is 84.0 Å². The second kappa shape index (κ2) is 6.01.